The molecule has 0 aromatic rings. The van der Waals surface area contributed by atoms with Crippen molar-refractivity contribution in [2.75, 3.05) is 19.6 Å². The summed E-state index contributed by atoms with van der Waals surface area (Å²) in [5.74, 6) is -0.741. The highest BCUT2D eigenvalue weighted by atomic mass is 16.4. The van der Waals surface area contributed by atoms with E-state index in [1.54, 1.807) is 0 Å². The fourth-order valence-electron chi connectivity index (χ4n) is 0.984. The molecule has 0 aliphatic rings. The molecule has 0 amide bonds. The summed E-state index contributed by atoms with van der Waals surface area (Å²) >= 11 is 0. The highest BCUT2D eigenvalue weighted by Gasteiger charge is 2.04. The van der Waals surface area contributed by atoms with Gasteiger partial charge >= 0.3 is 5.97 Å². The van der Waals surface area contributed by atoms with Crippen molar-refractivity contribution >= 4 is 5.97 Å². The van der Waals surface area contributed by atoms with Crippen LogP contribution in [0.5, 0.6) is 0 Å². The van der Waals surface area contributed by atoms with Gasteiger partial charge in [0.1, 0.15) is 0 Å². The van der Waals surface area contributed by atoms with Crippen LogP contribution in [0.15, 0.2) is 12.2 Å². The van der Waals surface area contributed by atoms with Crippen molar-refractivity contribution in [2.45, 2.75) is 20.3 Å². The first-order valence-corrected chi connectivity index (χ1v) is 4.14. The minimum Gasteiger partial charge on any atom is -0.481 e. The van der Waals surface area contributed by atoms with Crippen LogP contribution < -0.4 is 0 Å². The number of likely N-dealkylation sites (N-methyl/N-ethyl adjacent to an activating group) is 1. The molecule has 0 bridgehead atoms. The summed E-state index contributed by atoms with van der Waals surface area (Å²) in [7, 11) is 0. The van der Waals surface area contributed by atoms with Crippen molar-refractivity contribution in [2.24, 2.45) is 0 Å². The molecule has 0 saturated carbocycles. The van der Waals surface area contributed by atoms with Crippen LogP contribution in [0.25, 0.3) is 0 Å². The molecule has 0 unspecified atom stereocenters. The molecule has 0 saturated heterocycles. The first kappa shape index (κ1) is 11.2. The summed E-state index contributed by atoms with van der Waals surface area (Å²) in [5.41, 5.74) is 1.07. The summed E-state index contributed by atoms with van der Waals surface area (Å²) in [6.07, 6.45) is 0.209. The Labute approximate surface area is 73.7 Å². The van der Waals surface area contributed by atoms with Crippen LogP contribution in [0.1, 0.15) is 20.3 Å². The molecule has 0 rings (SSSR count). The lowest BCUT2D eigenvalue weighted by Gasteiger charge is -2.18. The number of carboxylic acids is 1. The minimum atomic E-state index is -0.741. The van der Waals surface area contributed by atoms with Crippen LogP contribution in [0.3, 0.4) is 0 Å². The van der Waals surface area contributed by atoms with E-state index in [0.29, 0.717) is 6.54 Å². The molecule has 0 aliphatic carbocycles. The highest BCUT2D eigenvalue weighted by Crippen LogP contribution is 1.96. The number of carbonyl (C=O) groups is 1. The molecule has 0 aromatic heterocycles. The number of rotatable bonds is 6. The van der Waals surface area contributed by atoms with E-state index < -0.39 is 5.97 Å². The smallest absolute Gasteiger partial charge is 0.304 e. The second-order valence-corrected chi connectivity index (χ2v) is 2.97. The van der Waals surface area contributed by atoms with Gasteiger partial charge in [-0.25, -0.2) is 0 Å². The quantitative estimate of drug-likeness (QED) is 0.613. The molecule has 0 radical (unpaired) electrons. The van der Waals surface area contributed by atoms with E-state index in [4.69, 9.17) is 5.11 Å². The second kappa shape index (κ2) is 5.77. The fraction of sp³-hybridized carbons (Fsp3) is 0.667. The third-order valence-corrected chi connectivity index (χ3v) is 1.58. The topological polar surface area (TPSA) is 40.5 Å². The number of aliphatic carboxylic acids is 1. The number of hydrogen-bond acceptors (Lipinski definition) is 2. The second-order valence-electron chi connectivity index (χ2n) is 2.97. The van der Waals surface area contributed by atoms with Gasteiger partial charge in [-0.1, -0.05) is 19.1 Å². The van der Waals surface area contributed by atoms with Crippen LogP contribution in [-0.2, 0) is 4.79 Å². The van der Waals surface area contributed by atoms with Gasteiger partial charge in [-0.2, -0.15) is 0 Å². The van der Waals surface area contributed by atoms with Crippen molar-refractivity contribution in [3.8, 4) is 0 Å². The van der Waals surface area contributed by atoms with Gasteiger partial charge in [-0.05, 0) is 13.5 Å². The molecule has 0 heterocycles. The van der Waals surface area contributed by atoms with Crippen molar-refractivity contribution in [1.82, 2.24) is 4.90 Å². The largest absolute Gasteiger partial charge is 0.481 e. The third kappa shape index (κ3) is 5.92. The summed E-state index contributed by atoms with van der Waals surface area (Å²) in [5, 5.41) is 8.44. The average Bonchev–Trinajstić information content (AvgIpc) is 1.97. The first-order chi connectivity index (χ1) is 5.56. The molecule has 0 aromatic carbocycles. The Balaban J connectivity index is 3.67. The molecular weight excluding hydrogens is 154 g/mol. The number of carboxylic acid groups (broad SMARTS) is 1. The molecule has 0 aliphatic heterocycles. The van der Waals surface area contributed by atoms with Gasteiger partial charge in [0.2, 0.25) is 0 Å². The fourth-order valence-corrected chi connectivity index (χ4v) is 0.984. The van der Waals surface area contributed by atoms with Gasteiger partial charge in [-0.15, -0.1) is 0 Å². The molecule has 1 N–H and O–H groups in total. The van der Waals surface area contributed by atoms with E-state index in [9.17, 15) is 4.79 Å². The maximum atomic E-state index is 10.3. The van der Waals surface area contributed by atoms with Gasteiger partial charge in [0.25, 0.3) is 0 Å². The summed E-state index contributed by atoms with van der Waals surface area (Å²) in [6, 6.07) is 0. The molecule has 0 atom stereocenters. The lowest BCUT2D eigenvalue weighted by molar-refractivity contribution is -0.137. The zero-order valence-electron chi connectivity index (χ0n) is 7.84. The predicted molar refractivity (Wildman–Crippen MR) is 49.2 cm³/mol. The Morgan fingerprint density at radius 1 is 1.58 bits per heavy atom. The van der Waals surface area contributed by atoms with Crippen molar-refractivity contribution < 1.29 is 9.90 Å². The normalized spacial score (nSPS) is 10.2. The Morgan fingerprint density at radius 3 is 2.50 bits per heavy atom. The molecule has 70 valence electrons. The van der Waals surface area contributed by atoms with Gasteiger partial charge in [0.15, 0.2) is 0 Å². The van der Waals surface area contributed by atoms with Crippen LogP contribution in [0, 0.1) is 0 Å². The Kier molecular flexibility index (Phi) is 5.37. The first-order valence-electron chi connectivity index (χ1n) is 4.14. The standard InChI is InChI=1S/C9H17NO2/c1-4-10(7-8(2)3)6-5-9(11)12/h2,4-7H2,1,3H3,(H,11,12). The highest BCUT2D eigenvalue weighted by molar-refractivity contribution is 5.66. The third-order valence-electron chi connectivity index (χ3n) is 1.58. The van der Waals surface area contributed by atoms with Crippen molar-refractivity contribution in [3.05, 3.63) is 12.2 Å². The Bertz CT molecular complexity index is 166. The van der Waals surface area contributed by atoms with E-state index in [1.807, 2.05) is 13.8 Å². The van der Waals surface area contributed by atoms with Crippen molar-refractivity contribution in [3.63, 3.8) is 0 Å². The van der Waals surface area contributed by atoms with E-state index in [2.05, 4.69) is 11.5 Å². The van der Waals surface area contributed by atoms with Crippen LogP contribution in [0.2, 0.25) is 0 Å². The van der Waals surface area contributed by atoms with Gasteiger partial charge in [0.05, 0.1) is 6.42 Å². The lowest BCUT2D eigenvalue weighted by atomic mass is 10.3. The van der Waals surface area contributed by atoms with E-state index in [0.717, 1.165) is 18.7 Å². The van der Waals surface area contributed by atoms with Crippen LogP contribution in [-0.4, -0.2) is 35.6 Å². The molecule has 3 heteroatoms. The maximum Gasteiger partial charge on any atom is 0.304 e. The number of hydrogen-bond donors (Lipinski definition) is 1. The minimum absolute atomic E-state index is 0.209. The maximum absolute atomic E-state index is 10.3. The van der Waals surface area contributed by atoms with Crippen LogP contribution in [0.4, 0.5) is 0 Å². The van der Waals surface area contributed by atoms with E-state index in [-0.39, 0.29) is 6.42 Å². The van der Waals surface area contributed by atoms with Gasteiger partial charge in [0, 0.05) is 13.1 Å². The predicted octanol–water partition coefficient (Wildman–Crippen LogP) is 1.36. The molecule has 12 heavy (non-hydrogen) atoms. The Hall–Kier alpha value is -0.830. The average molecular weight is 171 g/mol. The van der Waals surface area contributed by atoms with E-state index in [1.165, 1.54) is 0 Å². The molecule has 0 spiro atoms. The molecule has 0 fully saturated rings. The number of nitrogens with zero attached hydrogens (tertiary/aromatic N) is 1. The molecule has 3 nitrogen and oxygen atoms in total. The summed E-state index contributed by atoms with van der Waals surface area (Å²) in [6.45, 7) is 10.0. The van der Waals surface area contributed by atoms with Gasteiger partial charge in [-0.3, -0.25) is 9.69 Å². The lowest BCUT2D eigenvalue weighted by Crippen LogP contribution is -2.27. The Morgan fingerprint density at radius 2 is 2.17 bits per heavy atom. The van der Waals surface area contributed by atoms with Gasteiger partial charge < -0.3 is 5.11 Å². The molecular formula is C9H17NO2. The van der Waals surface area contributed by atoms with E-state index >= 15 is 0 Å². The van der Waals surface area contributed by atoms with Crippen LogP contribution >= 0.6 is 0 Å². The summed E-state index contributed by atoms with van der Waals surface area (Å²) in [4.78, 5) is 12.3. The SMILES string of the molecule is C=C(C)CN(CC)CCC(=O)O. The van der Waals surface area contributed by atoms with Crippen molar-refractivity contribution in [1.29, 1.82) is 0 Å². The monoisotopic (exact) mass is 171 g/mol. The zero-order valence-corrected chi connectivity index (χ0v) is 7.84. The summed E-state index contributed by atoms with van der Waals surface area (Å²) < 4.78 is 0. The zero-order chi connectivity index (χ0) is 9.56.